The molecule has 14 heavy (non-hydrogen) atoms. The zero-order valence-corrected chi connectivity index (χ0v) is 8.12. The first-order chi connectivity index (χ1) is 6.74. The number of halogens is 1. The third-order valence-corrected chi connectivity index (χ3v) is 2.46. The number of hydrogen-bond acceptors (Lipinski definition) is 3. The Morgan fingerprint density at radius 1 is 1.43 bits per heavy atom. The zero-order chi connectivity index (χ0) is 10.1. The summed E-state index contributed by atoms with van der Waals surface area (Å²) in [6.45, 7) is -0.106. The molecule has 1 aromatic carbocycles. The molecule has 2 rings (SSSR count). The molecule has 0 saturated carbocycles. The second kappa shape index (κ2) is 3.44. The van der Waals surface area contributed by atoms with Crippen LogP contribution >= 0.6 is 11.6 Å². The van der Waals surface area contributed by atoms with Crippen LogP contribution in [0.25, 0.3) is 10.9 Å². The van der Waals surface area contributed by atoms with E-state index in [2.05, 4.69) is 4.98 Å². The van der Waals surface area contributed by atoms with Gasteiger partial charge in [0.25, 0.3) is 0 Å². The molecule has 0 aliphatic carbocycles. The van der Waals surface area contributed by atoms with Gasteiger partial charge in [-0.25, -0.2) is 0 Å². The Bertz CT molecular complexity index is 485. The second-order valence-corrected chi connectivity index (χ2v) is 3.39. The van der Waals surface area contributed by atoms with Gasteiger partial charge in [-0.1, -0.05) is 23.7 Å². The molecule has 0 radical (unpaired) electrons. The van der Waals surface area contributed by atoms with Crippen molar-refractivity contribution in [3.8, 4) is 0 Å². The number of anilines is 1. The van der Waals surface area contributed by atoms with Crippen molar-refractivity contribution in [3.05, 3.63) is 35.0 Å². The highest BCUT2D eigenvalue weighted by Crippen LogP contribution is 2.27. The molecule has 0 bridgehead atoms. The Morgan fingerprint density at radius 2 is 2.21 bits per heavy atom. The first-order valence-corrected chi connectivity index (χ1v) is 4.54. The lowest BCUT2D eigenvalue weighted by molar-refractivity contribution is 0.284. The monoisotopic (exact) mass is 208 g/mol. The van der Waals surface area contributed by atoms with Crippen LogP contribution in [0.4, 0.5) is 5.69 Å². The van der Waals surface area contributed by atoms with Gasteiger partial charge in [0.2, 0.25) is 0 Å². The van der Waals surface area contributed by atoms with Gasteiger partial charge in [-0.2, -0.15) is 0 Å². The molecule has 0 spiro atoms. The number of para-hydroxylation sites is 1. The number of rotatable bonds is 1. The molecule has 4 heteroatoms. The van der Waals surface area contributed by atoms with E-state index in [1.54, 1.807) is 6.07 Å². The number of hydrogen-bond donors (Lipinski definition) is 2. The van der Waals surface area contributed by atoms with Crippen molar-refractivity contribution in [3.63, 3.8) is 0 Å². The summed E-state index contributed by atoms with van der Waals surface area (Å²) in [5, 5.41) is 10.5. The summed E-state index contributed by atoms with van der Waals surface area (Å²) in [5.74, 6) is 0. The molecule has 3 N–H and O–H groups in total. The van der Waals surface area contributed by atoms with E-state index < -0.39 is 0 Å². The fourth-order valence-electron chi connectivity index (χ4n) is 1.43. The zero-order valence-electron chi connectivity index (χ0n) is 7.37. The van der Waals surface area contributed by atoms with Crippen molar-refractivity contribution in [2.24, 2.45) is 0 Å². The number of aliphatic hydroxyl groups excluding tert-OH is 1. The summed E-state index contributed by atoms with van der Waals surface area (Å²) in [7, 11) is 0. The molecular formula is C10H9ClN2O. The van der Waals surface area contributed by atoms with E-state index in [1.165, 1.54) is 6.20 Å². The van der Waals surface area contributed by atoms with Gasteiger partial charge in [0.05, 0.1) is 29.0 Å². The van der Waals surface area contributed by atoms with Crippen molar-refractivity contribution in [1.82, 2.24) is 4.98 Å². The Balaban J connectivity index is 2.88. The Morgan fingerprint density at radius 3 is 2.93 bits per heavy atom. The third kappa shape index (κ3) is 1.31. The van der Waals surface area contributed by atoms with Crippen LogP contribution in [0.2, 0.25) is 5.02 Å². The van der Waals surface area contributed by atoms with Crippen LogP contribution in [-0.4, -0.2) is 10.1 Å². The molecule has 0 aliphatic heterocycles. The summed E-state index contributed by atoms with van der Waals surface area (Å²) in [4.78, 5) is 4.12. The number of pyridine rings is 1. The van der Waals surface area contributed by atoms with Crippen molar-refractivity contribution in [2.75, 3.05) is 5.73 Å². The van der Waals surface area contributed by atoms with E-state index in [4.69, 9.17) is 22.4 Å². The van der Waals surface area contributed by atoms with E-state index in [-0.39, 0.29) is 6.61 Å². The predicted molar refractivity (Wildman–Crippen MR) is 57.1 cm³/mol. The lowest BCUT2D eigenvalue weighted by atomic mass is 10.1. The average molecular weight is 209 g/mol. The minimum absolute atomic E-state index is 0.106. The van der Waals surface area contributed by atoms with Crippen molar-refractivity contribution in [2.45, 2.75) is 6.61 Å². The molecule has 0 saturated heterocycles. The van der Waals surface area contributed by atoms with E-state index in [1.807, 2.05) is 12.1 Å². The van der Waals surface area contributed by atoms with Crippen LogP contribution in [0.1, 0.15) is 5.56 Å². The highest BCUT2D eigenvalue weighted by atomic mass is 35.5. The molecule has 1 heterocycles. The maximum Gasteiger partial charge on any atom is 0.0893 e. The maximum atomic E-state index is 9.16. The fraction of sp³-hybridized carbons (Fsp3) is 0.100. The SMILES string of the molecule is Nc1cnc2c(Cl)cccc2c1CO. The van der Waals surface area contributed by atoms with E-state index in [0.717, 1.165) is 5.39 Å². The van der Waals surface area contributed by atoms with Crippen LogP contribution < -0.4 is 5.73 Å². The fourth-order valence-corrected chi connectivity index (χ4v) is 1.66. The molecule has 72 valence electrons. The van der Waals surface area contributed by atoms with Crippen LogP contribution in [0, 0.1) is 0 Å². The number of aromatic nitrogens is 1. The number of aliphatic hydroxyl groups is 1. The molecule has 3 nitrogen and oxygen atoms in total. The summed E-state index contributed by atoms with van der Waals surface area (Å²) in [5.41, 5.74) is 7.52. The summed E-state index contributed by atoms with van der Waals surface area (Å²) >= 11 is 5.95. The Labute approximate surface area is 86.1 Å². The van der Waals surface area contributed by atoms with Gasteiger partial charge in [0, 0.05) is 10.9 Å². The average Bonchev–Trinajstić information content (AvgIpc) is 2.18. The summed E-state index contributed by atoms with van der Waals surface area (Å²) in [6.07, 6.45) is 1.51. The standard InChI is InChI=1S/C10H9ClN2O/c11-8-3-1-2-6-7(5-14)9(12)4-13-10(6)8/h1-4,14H,5,12H2. The quantitative estimate of drug-likeness (QED) is 0.753. The molecule has 0 fully saturated rings. The normalized spacial score (nSPS) is 10.7. The van der Waals surface area contributed by atoms with Crippen LogP contribution in [0.15, 0.2) is 24.4 Å². The number of nitrogens with two attached hydrogens (primary N) is 1. The molecule has 0 unspecified atom stereocenters. The predicted octanol–water partition coefficient (Wildman–Crippen LogP) is 1.96. The van der Waals surface area contributed by atoms with Crippen LogP contribution in [0.5, 0.6) is 0 Å². The molecule has 0 aliphatic rings. The van der Waals surface area contributed by atoms with E-state index in [0.29, 0.717) is 21.8 Å². The van der Waals surface area contributed by atoms with E-state index in [9.17, 15) is 0 Å². The van der Waals surface area contributed by atoms with Gasteiger partial charge >= 0.3 is 0 Å². The largest absolute Gasteiger partial charge is 0.397 e. The van der Waals surface area contributed by atoms with Gasteiger partial charge in [0.1, 0.15) is 0 Å². The first-order valence-electron chi connectivity index (χ1n) is 4.16. The highest BCUT2D eigenvalue weighted by molar-refractivity contribution is 6.35. The number of nitrogen functional groups attached to an aromatic ring is 1. The molecule has 2 aromatic rings. The van der Waals surface area contributed by atoms with Crippen LogP contribution in [-0.2, 0) is 6.61 Å². The lowest BCUT2D eigenvalue weighted by Crippen LogP contribution is -1.97. The Kier molecular flexibility index (Phi) is 2.27. The minimum atomic E-state index is -0.106. The molecule has 1 aromatic heterocycles. The molecular weight excluding hydrogens is 200 g/mol. The summed E-state index contributed by atoms with van der Waals surface area (Å²) < 4.78 is 0. The third-order valence-electron chi connectivity index (χ3n) is 2.15. The van der Waals surface area contributed by atoms with Gasteiger partial charge in [-0.05, 0) is 6.07 Å². The first kappa shape index (κ1) is 9.24. The number of nitrogens with zero attached hydrogens (tertiary/aromatic N) is 1. The molecule has 0 amide bonds. The minimum Gasteiger partial charge on any atom is -0.397 e. The van der Waals surface area contributed by atoms with Crippen molar-refractivity contribution < 1.29 is 5.11 Å². The Hall–Kier alpha value is -1.32. The number of fused-ring (bicyclic) bond motifs is 1. The maximum absolute atomic E-state index is 9.16. The molecule has 0 atom stereocenters. The number of benzene rings is 1. The van der Waals surface area contributed by atoms with Gasteiger partial charge in [-0.3, -0.25) is 4.98 Å². The van der Waals surface area contributed by atoms with E-state index >= 15 is 0 Å². The van der Waals surface area contributed by atoms with Crippen LogP contribution in [0.3, 0.4) is 0 Å². The van der Waals surface area contributed by atoms with Gasteiger partial charge < -0.3 is 10.8 Å². The van der Waals surface area contributed by atoms with Crippen molar-refractivity contribution in [1.29, 1.82) is 0 Å². The van der Waals surface area contributed by atoms with Crippen molar-refractivity contribution >= 4 is 28.2 Å². The smallest absolute Gasteiger partial charge is 0.0893 e. The topological polar surface area (TPSA) is 59.1 Å². The van der Waals surface area contributed by atoms with Gasteiger partial charge in [0.15, 0.2) is 0 Å². The van der Waals surface area contributed by atoms with Gasteiger partial charge in [-0.15, -0.1) is 0 Å². The second-order valence-electron chi connectivity index (χ2n) is 2.99. The lowest BCUT2D eigenvalue weighted by Gasteiger charge is -2.07. The highest BCUT2D eigenvalue weighted by Gasteiger charge is 2.07. The summed E-state index contributed by atoms with van der Waals surface area (Å²) in [6, 6.07) is 5.41.